The van der Waals surface area contributed by atoms with Gasteiger partial charge in [-0.05, 0) is 48.4 Å². The molecule has 154 valence electrons. The number of nitrogens with two attached hydrogens (primary N) is 2. The van der Waals surface area contributed by atoms with Crippen molar-refractivity contribution in [3.05, 3.63) is 58.4 Å². The molecule has 1 saturated carbocycles. The van der Waals surface area contributed by atoms with Crippen LogP contribution < -0.4 is 11.5 Å². The molecule has 2 aromatic rings. The van der Waals surface area contributed by atoms with Crippen LogP contribution in [0.3, 0.4) is 0 Å². The summed E-state index contributed by atoms with van der Waals surface area (Å²) in [6.07, 6.45) is -1.48. The summed E-state index contributed by atoms with van der Waals surface area (Å²) in [6, 6.07) is 6.93. The van der Waals surface area contributed by atoms with Crippen LogP contribution in [0.5, 0.6) is 0 Å². The summed E-state index contributed by atoms with van der Waals surface area (Å²) in [7, 11) is 0. The Bertz CT molecular complexity index is 1120. The van der Waals surface area contributed by atoms with Crippen molar-refractivity contribution in [2.45, 2.75) is 35.3 Å². The molecular formula is C19H15F3N6S2. The van der Waals surface area contributed by atoms with E-state index >= 15 is 0 Å². The van der Waals surface area contributed by atoms with E-state index in [1.165, 1.54) is 35.8 Å². The zero-order chi connectivity index (χ0) is 21.5. The second-order valence-electron chi connectivity index (χ2n) is 6.85. The molecule has 0 unspecified atom stereocenters. The summed E-state index contributed by atoms with van der Waals surface area (Å²) < 4.78 is 39.4. The summed E-state index contributed by atoms with van der Waals surface area (Å²) >= 11 is 2.72. The molecule has 4 rings (SSSR count). The Morgan fingerprint density at radius 2 is 2.07 bits per heavy atom. The minimum atomic E-state index is -4.48. The van der Waals surface area contributed by atoms with Crippen molar-refractivity contribution in [1.82, 2.24) is 10.2 Å². The molecule has 1 aliphatic carbocycles. The predicted molar refractivity (Wildman–Crippen MR) is 110 cm³/mol. The van der Waals surface area contributed by atoms with E-state index in [1.807, 2.05) is 12.1 Å². The molecule has 0 amide bonds. The molecular weight excluding hydrogens is 433 g/mol. The highest BCUT2D eigenvalue weighted by molar-refractivity contribution is 8.38. The number of nitrogens with zero attached hydrogens (tertiary/aromatic N) is 4. The van der Waals surface area contributed by atoms with Crippen molar-refractivity contribution in [2.75, 3.05) is 0 Å². The second kappa shape index (κ2) is 7.52. The molecule has 0 radical (unpaired) electrons. The Morgan fingerprint density at radius 1 is 1.30 bits per heavy atom. The quantitative estimate of drug-likeness (QED) is 0.730. The molecule has 0 bridgehead atoms. The second-order valence-corrected chi connectivity index (χ2v) is 9.05. The largest absolute Gasteiger partial charge is 0.416 e. The van der Waals surface area contributed by atoms with Gasteiger partial charge in [0, 0.05) is 17.5 Å². The topological polar surface area (TPSA) is 114 Å². The predicted octanol–water partition coefficient (Wildman–Crippen LogP) is 3.97. The Hall–Kier alpha value is -2.71. The number of benzene rings is 1. The fraction of sp³-hybridized carbons (Fsp3) is 0.263. The molecule has 4 N–H and O–H groups in total. The first kappa shape index (κ1) is 20.6. The molecule has 6 nitrogen and oxygen atoms in total. The van der Waals surface area contributed by atoms with Gasteiger partial charge in [-0.2, -0.15) is 18.4 Å². The fourth-order valence-corrected chi connectivity index (χ4v) is 5.29. The van der Waals surface area contributed by atoms with Gasteiger partial charge in [-0.15, -0.1) is 10.2 Å². The van der Waals surface area contributed by atoms with Gasteiger partial charge >= 0.3 is 6.18 Å². The highest BCUT2D eigenvalue weighted by Crippen LogP contribution is 2.56. The number of halogens is 3. The van der Waals surface area contributed by atoms with Gasteiger partial charge in [-0.25, -0.2) is 0 Å². The van der Waals surface area contributed by atoms with E-state index < -0.39 is 11.7 Å². The van der Waals surface area contributed by atoms with E-state index in [2.05, 4.69) is 10.2 Å². The zero-order valence-electron chi connectivity index (χ0n) is 15.4. The van der Waals surface area contributed by atoms with Crippen LogP contribution in [0.4, 0.5) is 13.2 Å². The zero-order valence-corrected chi connectivity index (χ0v) is 17.0. The first-order valence-electron chi connectivity index (χ1n) is 8.82. The molecule has 11 heteroatoms. The first-order chi connectivity index (χ1) is 14.3. The lowest BCUT2D eigenvalue weighted by molar-refractivity contribution is -0.137. The SMILES string of the molecule is N#Cc1cc(C(F)(F)F)ccc1CSC1=NC2(CC2)c2cc(/C(N)=C/N)nnc2S1. The summed E-state index contributed by atoms with van der Waals surface area (Å²) in [6.45, 7) is 0. The molecule has 30 heavy (non-hydrogen) atoms. The summed E-state index contributed by atoms with van der Waals surface area (Å²) in [5.74, 6) is 0.326. The van der Waals surface area contributed by atoms with Gasteiger partial charge in [-0.1, -0.05) is 17.8 Å². The van der Waals surface area contributed by atoms with Crippen LogP contribution >= 0.6 is 23.5 Å². The van der Waals surface area contributed by atoms with E-state index in [-0.39, 0.29) is 11.1 Å². The van der Waals surface area contributed by atoms with Gasteiger partial charge in [0.1, 0.15) is 15.1 Å². The normalized spacial score (nSPS) is 17.3. The van der Waals surface area contributed by atoms with E-state index in [1.54, 1.807) is 0 Å². The van der Waals surface area contributed by atoms with Gasteiger partial charge in [0.2, 0.25) is 0 Å². The van der Waals surface area contributed by atoms with E-state index in [9.17, 15) is 18.4 Å². The number of aliphatic imine (C=N–C) groups is 1. The molecule has 1 aromatic heterocycles. The summed E-state index contributed by atoms with van der Waals surface area (Å²) in [4.78, 5) is 4.84. The van der Waals surface area contributed by atoms with Crippen LogP contribution in [0.2, 0.25) is 0 Å². The molecule has 1 spiro atoms. The average Bonchev–Trinajstić information content (AvgIpc) is 3.50. The Kier molecular flexibility index (Phi) is 5.15. The van der Waals surface area contributed by atoms with Gasteiger partial charge < -0.3 is 11.5 Å². The van der Waals surface area contributed by atoms with E-state index in [4.69, 9.17) is 16.5 Å². The highest BCUT2D eigenvalue weighted by Gasteiger charge is 2.49. The number of nitriles is 1. The first-order valence-corrected chi connectivity index (χ1v) is 10.6. The van der Waals surface area contributed by atoms with Crippen LogP contribution in [-0.2, 0) is 17.5 Å². The molecule has 0 atom stereocenters. The molecule has 1 aromatic carbocycles. The summed E-state index contributed by atoms with van der Waals surface area (Å²) in [5, 5.41) is 18.4. The lowest BCUT2D eigenvalue weighted by Crippen LogP contribution is -2.16. The van der Waals surface area contributed by atoms with Crippen molar-refractivity contribution in [3.63, 3.8) is 0 Å². The lowest BCUT2D eigenvalue weighted by Gasteiger charge is -2.22. The minimum Gasteiger partial charge on any atom is -0.403 e. The van der Waals surface area contributed by atoms with Crippen LogP contribution in [0.15, 0.2) is 40.5 Å². The number of hydrogen-bond acceptors (Lipinski definition) is 8. The minimum absolute atomic E-state index is 0.00810. The third kappa shape index (κ3) is 3.85. The third-order valence-corrected chi connectivity index (χ3v) is 7.02. The monoisotopic (exact) mass is 448 g/mol. The van der Waals surface area contributed by atoms with Crippen molar-refractivity contribution in [3.8, 4) is 6.07 Å². The van der Waals surface area contributed by atoms with E-state index in [0.29, 0.717) is 22.7 Å². The van der Waals surface area contributed by atoms with Gasteiger partial charge in [0.25, 0.3) is 0 Å². The van der Waals surface area contributed by atoms with Gasteiger partial charge in [-0.3, -0.25) is 4.99 Å². The standard InChI is InChI=1S/C19H15F3N6S2/c20-19(21,22)12-2-1-10(11(5-12)7-23)9-29-17-26-18(3-4-18)13-6-15(14(25)8-24)27-28-16(13)30-17/h1-2,5-6,8H,3-4,9,24-25H2/b14-8-. The number of fused-ring (bicyclic) bond motifs is 2. The molecule has 2 aliphatic rings. The number of hydrogen-bond donors (Lipinski definition) is 2. The molecule has 1 aliphatic heterocycles. The van der Waals surface area contributed by atoms with Crippen LogP contribution in [0.25, 0.3) is 5.70 Å². The summed E-state index contributed by atoms with van der Waals surface area (Å²) in [5.41, 5.74) is 12.4. The van der Waals surface area contributed by atoms with Gasteiger partial charge in [0.05, 0.1) is 28.4 Å². The average molecular weight is 448 g/mol. The molecule has 2 heterocycles. The van der Waals surface area contributed by atoms with Gasteiger partial charge in [0.15, 0.2) is 0 Å². The number of aromatic nitrogens is 2. The number of alkyl halides is 3. The molecule has 0 saturated heterocycles. The number of thioether (sulfide) groups is 2. The van der Waals surface area contributed by atoms with Crippen LogP contribution in [0, 0.1) is 11.3 Å². The Morgan fingerprint density at radius 3 is 2.70 bits per heavy atom. The Balaban J connectivity index is 1.55. The Labute approximate surface area is 178 Å². The maximum atomic E-state index is 12.9. The smallest absolute Gasteiger partial charge is 0.403 e. The lowest BCUT2D eigenvalue weighted by atomic mass is 10.1. The van der Waals surface area contributed by atoms with Crippen molar-refractivity contribution < 1.29 is 13.2 Å². The van der Waals surface area contributed by atoms with Crippen molar-refractivity contribution in [2.24, 2.45) is 16.5 Å². The fourth-order valence-electron chi connectivity index (χ4n) is 3.04. The highest BCUT2D eigenvalue weighted by atomic mass is 32.2. The van der Waals surface area contributed by atoms with Crippen LogP contribution in [0.1, 0.15) is 40.8 Å². The van der Waals surface area contributed by atoms with Crippen LogP contribution in [-0.4, -0.2) is 14.6 Å². The molecule has 1 fully saturated rings. The van der Waals surface area contributed by atoms with E-state index in [0.717, 1.165) is 39.9 Å². The van der Waals surface area contributed by atoms with Crippen molar-refractivity contribution in [1.29, 1.82) is 5.26 Å². The van der Waals surface area contributed by atoms with Crippen molar-refractivity contribution >= 4 is 33.6 Å². The third-order valence-electron chi connectivity index (χ3n) is 4.86. The maximum absolute atomic E-state index is 12.9. The number of rotatable bonds is 3. The maximum Gasteiger partial charge on any atom is 0.416 e.